The molecule has 1 N–H and O–H groups in total. The van der Waals surface area contributed by atoms with Crippen LogP contribution in [0.3, 0.4) is 0 Å². The zero-order valence-corrected chi connectivity index (χ0v) is 8.70. The number of rotatable bonds is 5. The molecule has 0 spiro atoms. The van der Waals surface area contributed by atoms with E-state index in [1.54, 1.807) is 0 Å². The quantitative estimate of drug-likeness (QED) is 0.393. The van der Waals surface area contributed by atoms with Gasteiger partial charge >= 0.3 is 16.1 Å². The molecular weight excluding hydrogens is 212 g/mol. The molecule has 0 aromatic heterocycles. The molecule has 14 heavy (non-hydrogen) atoms. The Morgan fingerprint density at radius 2 is 2.07 bits per heavy atom. The highest BCUT2D eigenvalue weighted by atomic mass is 32.2. The molecule has 0 bridgehead atoms. The molecule has 0 aliphatic rings. The molecule has 1 unspecified atom stereocenters. The van der Waals surface area contributed by atoms with E-state index in [2.05, 4.69) is 15.8 Å². The van der Waals surface area contributed by atoms with Gasteiger partial charge in [0, 0.05) is 5.57 Å². The van der Waals surface area contributed by atoms with E-state index in [0.29, 0.717) is 0 Å². The SMILES string of the molecule is C=C(C)C(=O)OOS(=O)(=O)CC(C)O. The van der Waals surface area contributed by atoms with Gasteiger partial charge < -0.3 is 5.11 Å². The summed E-state index contributed by atoms with van der Waals surface area (Å²) < 4.78 is 25.6. The molecule has 0 aromatic rings. The first-order valence-electron chi connectivity index (χ1n) is 3.71. The number of carbonyl (C=O) groups excluding carboxylic acids is 1. The lowest BCUT2D eigenvalue weighted by molar-refractivity contribution is -0.206. The summed E-state index contributed by atoms with van der Waals surface area (Å²) in [4.78, 5) is 14.6. The van der Waals surface area contributed by atoms with Crippen molar-refractivity contribution >= 4 is 16.1 Å². The zero-order valence-electron chi connectivity index (χ0n) is 7.89. The first-order valence-corrected chi connectivity index (χ1v) is 5.29. The Bertz CT molecular complexity index is 315. The maximum atomic E-state index is 10.9. The van der Waals surface area contributed by atoms with E-state index in [-0.39, 0.29) is 5.57 Å². The predicted octanol–water partition coefficient (Wildman–Crippen LogP) is -0.252. The molecule has 0 aliphatic heterocycles. The number of hydrogen-bond acceptors (Lipinski definition) is 6. The molecule has 0 radical (unpaired) electrons. The monoisotopic (exact) mass is 224 g/mol. The zero-order chi connectivity index (χ0) is 11.4. The standard InChI is InChI=1S/C7H12O6S/c1-5(2)7(9)12-13-14(10,11)4-6(3)8/h6,8H,1,4H2,2-3H3. The third kappa shape index (κ3) is 5.68. The molecule has 0 rings (SSSR count). The van der Waals surface area contributed by atoms with Crippen LogP contribution in [-0.4, -0.2) is 31.4 Å². The summed E-state index contributed by atoms with van der Waals surface area (Å²) in [6.07, 6.45) is -1.09. The average molecular weight is 224 g/mol. The summed E-state index contributed by atoms with van der Waals surface area (Å²) in [7, 11) is -4.04. The molecule has 0 fully saturated rings. The molecule has 0 saturated heterocycles. The van der Waals surface area contributed by atoms with Gasteiger partial charge in [-0.2, -0.15) is 8.42 Å². The van der Waals surface area contributed by atoms with Crippen molar-refractivity contribution in [1.82, 2.24) is 0 Å². The van der Waals surface area contributed by atoms with Crippen LogP contribution in [0, 0.1) is 0 Å². The predicted molar refractivity (Wildman–Crippen MR) is 47.5 cm³/mol. The summed E-state index contributed by atoms with van der Waals surface area (Å²) >= 11 is 0. The number of carbonyl (C=O) groups is 1. The van der Waals surface area contributed by atoms with E-state index in [9.17, 15) is 13.2 Å². The normalized spacial score (nSPS) is 13.4. The molecule has 0 saturated carbocycles. The van der Waals surface area contributed by atoms with E-state index < -0.39 is 27.9 Å². The van der Waals surface area contributed by atoms with Gasteiger partial charge in [0.2, 0.25) is 0 Å². The Balaban J connectivity index is 4.13. The third-order valence-electron chi connectivity index (χ3n) is 1.01. The highest BCUT2D eigenvalue weighted by Crippen LogP contribution is 2.00. The second-order valence-electron chi connectivity index (χ2n) is 2.79. The molecule has 0 amide bonds. The average Bonchev–Trinajstić information content (AvgIpc) is 1.97. The van der Waals surface area contributed by atoms with Crippen LogP contribution in [0.1, 0.15) is 13.8 Å². The lowest BCUT2D eigenvalue weighted by Gasteiger charge is -2.05. The van der Waals surface area contributed by atoms with E-state index in [1.807, 2.05) is 0 Å². The number of aliphatic hydroxyl groups is 1. The Kier molecular flexibility index (Phi) is 4.75. The minimum atomic E-state index is -4.04. The molecular formula is C7H12O6S. The van der Waals surface area contributed by atoms with Crippen LogP contribution in [0.2, 0.25) is 0 Å². The van der Waals surface area contributed by atoms with Gasteiger partial charge in [-0.05, 0) is 13.8 Å². The van der Waals surface area contributed by atoms with Crippen molar-refractivity contribution in [3.63, 3.8) is 0 Å². The number of hydrogen-bond donors (Lipinski definition) is 1. The maximum Gasteiger partial charge on any atom is 0.369 e. The molecule has 1 atom stereocenters. The van der Waals surface area contributed by atoms with Gasteiger partial charge in [-0.1, -0.05) is 10.9 Å². The lowest BCUT2D eigenvalue weighted by Crippen LogP contribution is -2.21. The van der Waals surface area contributed by atoms with Crippen molar-refractivity contribution in [2.45, 2.75) is 20.0 Å². The largest absolute Gasteiger partial charge is 0.392 e. The Labute approximate surface area is 82.2 Å². The molecule has 6 nitrogen and oxygen atoms in total. The number of aliphatic hydroxyl groups excluding tert-OH is 1. The van der Waals surface area contributed by atoms with Gasteiger partial charge in [0.25, 0.3) is 0 Å². The van der Waals surface area contributed by atoms with E-state index in [0.717, 1.165) is 0 Å². The van der Waals surface area contributed by atoms with E-state index in [4.69, 9.17) is 5.11 Å². The summed E-state index contributed by atoms with van der Waals surface area (Å²) in [5.74, 6) is -1.62. The van der Waals surface area contributed by atoms with Crippen molar-refractivity contribution in [2.24, 2.45) is 0 Å². The summed E-state index contributed by atoms with van der Waals surface area (Å²) in [6, 6.07) is 0. The topological polar surface area (TPSA) is 89.9 Å². The fourth-order valence-electron chi connectivity index (χ4n) is 0.477. The van der Waals surface area contributed by atoms with Gasteiger partial charge in [0.05, 0.1) is 6.10 Å². The van der Waals surface area contributed by atoms with Crippen LogP contribution >= 0.6 is 0 Å². The second kappa shape index (κ2) is 5.08. The van der Waals surface area contributed by atoms with E-state index >= 15 is 0 Å². The first-order chi connectivity index (χ1) is 6.24. The van der Waals surface area contributed by atoms with Crippen LogP contribution in [-0.2, 0) is 24.1 Å². The molecule has 0 aliphatic carbocycles. The fraction of sp³-hybridized carbons (Fsp3) is 0.571. The second-order valence-corrected chi connectivity index (χ2v) is 4.38. The Hall–Kier alpha value is -0.920. The summed E-state index contributed by atoms with van der Waals surface area (Å²) in [6.45, 7) is 5.82. The minimum Gasteiger partial charge on any atom is -0.392 e. The molecule has 0 heterocycles. The van der Waals surface area contributed by atoms with Crippen molar-refractivity contribution in [1.29, 1.82) is 0 Å². The van der Waals surface area contributed by atoms with Gasteiger partial charge in [-0.3, -0.25) is 4.89 Å². The molecule has 0 aromatic carbocycles. The van der Waals surface area contributed by atoms with Crippen LogP contribution < -0.4 is 0 Å². The Morgan fingerprint density at radius 3 is 2.43 bits per heavy atom. The fourth-order valence-corrected chi connectivity index (χ4v) is 1.29. The highest BCUT2D eigenvalue weighted by molar-refractivity contribution is 7.86. The smallest absolute Gasteiger partial charge is 0.369 e. The van der Waals surface area contributed by atoms with Crippen LogP contribution in [0.5, 0.6) is 0 Å². The third-order valence-corrected chi connectivity index (χ3v) is 2.17. The molecule has 7 heteroatoms. The van der Waals surface area contributed by atoms with Crippen LogP contribution in [0.15, 0.2) is 12.2 Å². The van der Waals surface area contributed by atoms with Crippen molar-refractivity contribution in [2.75, 3.05) is 5.75 Å². The molecule has 82 valence electrons. The first kappa shape index (κ1) is 13.1. The van der Waals surface area contributed by atoms with Crippen LogP contribution in [0.4, 0.5) is 0 Å². The maximum absolute atomic E-state index is 10.9. The summed E-state index contributed by atoms with van der Waals surface area (Å²) in [5.41, 5.74) is 0.0113. The van der Waals surface area contributed by atoms with Crippen molar-refractivity contribution < 1.29 is 27.5 Å². The van der Waals surface area contributed by atoms with Crippen LogP contribution in [0.25, 0.3) is 0 Å². The highest BCUT2D eigenvalue weighted by Gasteiger charge is 2.18. The van der Waals surface area contributed by atoms with Gasteiger partial charge in [0.15, 0.2) is 0 Å². The Morgan fingerprint density at radius 1 is 1.57 bits per heavy atom. The lowest BCUT2D eigenvalue weighted by atomic mass is 10.4. The van der Waals surface area contributed by atoms with Gasteiger partial charge in [-0.25, -0.2) is 4.79 Å². The minimum absolute atomic E-state index is 0.0113. The van der Waals surface area contributed by atoms with Crippen molar-refractivity contribution in [3.05, 3.63) is 12.2 Å². The van der Waals surface area contributed by atoms with Crippen molar-refractivity contribution in [3.8, 4) is 0 Å². The van der Waals surface area contributed by atoms with E-state index in [1.165, 1.54) is 13.8 Å². The summed E-state index contributed by atoms with van der Waals surface area (Å²) in [5, 5.41) is 8.75. The van der Waals surface area contributed by atoms with Gasteiger partial charge in [0.1, 0.15) is 5.75 Å². The van der Waals surface area contributed by atoms with Gasteiger partial charge in [-0.15, -0.1) is 0 Å².